The number of carbonyl (C=O) groups excluding carboxylic acids is 2. The number of carboxylic acids is 1. The maximum absolute atomic E-state index is 13.5. The zero-order valence-electron chi connectivity index (χ0n) is 22.9. The molecule has 0 radical (unpaired) electrons. The van der Waals surface area contributed by atoms with E-state index in [0.29, 0.717) is 27.9 Å². The van der Waals surface area contributed by atoms with Gasteiger partial charge >= 0.3 is 5.97 Å². The van der Waals surface area contributed by atoms with E-state index in [1.54, 1.807) is 13.0 Å². The number of carbonyl (C=O) groups is 3. The molecular formula is C32H34N2O6. The first-order chi connectivity index (χ1) is 19.2. The molecule has 2 aromatic carbocycles. The van der Waals surface area contributed by atoms with Gasteiger partial charge in [-0.15, -0.1) is 0 Å². The molecule has 6 aliphatic rings. The molecule has 4 atom stereocenters. The molecule has 2 bridgehead atoms. The molecule has 8 heteroatoms. The Morgan fingerprint density at radius 2 is 1.80 bits per heavy atom. The van der Waals surface area contributed by atoms with Crippen molar-refractivity contribution in [1.82, 2.24) is 9.80 Å². The predicted octanol–water partition coefficient (Wildman–Crippen LogP) is 3.50. The van der Waals surface area contributed by atoms with Gasteiger partial charge in [0.2, 0.25) is 5.91 Å². The molecule has 5 aliphatic heterocycles. The van der Waals surface area contributed by atoms with Gasteiger partial charge < -0.3 is 24.7 Å². The summed E-state index contributed by atoms with van der Waals surface area (Å²) in [6.07, 6.45) is 3.77. The van der Waals surface area contributed by atoms with Crippen molar-refractivity contribution >= 4 is 17.7 Å². The van der Waals surface area contributed by atoms with E-state index in [0.717, 1.165) is 17.5 Å². The molecule has 2 aromatic rings. The molecule has 40 heavy (non-hydrogen) atoms. The summed E-state index contributed by atoms with van der Waals surface area (Å²) in [7, 11) is 0. The van der Waals surface area contributed by atoms with Crippen LogP contribution in [0.15, 0.2) is 47.7 Å². The van der Waals surface area contributed by atoms with Crippen LogP contribution in [0.1, 0.15) is 54.6 Å². The van der Waals surface area contributed by atoms with Crippen LogP contribution in [-0.4, -0.2) is 76.1 Å². The van der Waals surface area contributed by atoms with Gasteiger partial charge in [-0.05, 0) is 80.9 Å². The minimum atomic E-state index is -1.18. The number of aliphatic hydroxyl groups is 1. The van der Waals surface area contributed by atoms with Crippen LogP contribution in [0, 0.1) is 17.3 Å². The first-order valence-electron chi connectivity index (χ1n) is 14.3. The number of hydrogen-bond donors (Lipinski definition) is 2. The van der Waals surface area contributed by atoms with Crippen molar-refractivity contribution in [3.8, 4) is 16.9 Å². The van der Waals surface area contributed by atoms with Gasteiger partial charge in [0.15, 0.2) is 5.78 Å². The van der Waals surface area contributed by atoms with E-state index in [2.05, 4.69) is 17.0 Å². The van der Waals surface area contributed by atoms with Gasteiger partial charge in [-0.3, -0.25) is 9.59 Å². The molecular weight excluding hydrogens is 508 g/mol. The lowest BCUT2D eigenvalue weighted by atomic mass is 9.68. The molecule has 2 N–H and O–H groups in total. The van der Waals surface area contributed by atoms with Crippen molar-refractivity contribution in [3.63, 3.8) is 0 Å². The van der Waals surface area contributed by atoms with Gasteiger partial charge in [0.05, 0.1) is 18.1 Å². The summed E-state index contributed by atoms with van der Waals surface area (Å²) in [5.41, 5.74) is 4.87. The maximum atomic E-state index is 13.5. The molecule has 0 spiro atoms. The number of nitrogens with zero attached hydrogens (tertiary/aromatic N) is 2. The second-order valence-electron chi connectivity index (χ2n) is 12.4. The Bertz CT molecular complexity index is 1470. The lowest BCUT2D eigenvalue weighted by molar-refractivity contribution is -0.163. The number of benzene rings is 2. The second-order valence-corrected chi connectivity index (χ2v) is 12.4. The van der Waals surface area contributed by atoms with Crippen LogP contribution in [0.4, 0.5) is 0 Å². The first kappa shape index (κ1) is 25.5. The zero-order chi connectivity index (χ0) is 27.9. The van der Waals surface area contributed by atoms with Gasteiger partial charge in [0.25, 0.3) is 0 Å². The van der Waals surface area contributed by atoms with E-state index >= 15 is 0 Å². The summed E-state index contributed by atoms with van der Waals surface area (Å²) in [5, 5.41) is 20.1. The average Bonchev–Trinajstić information content (AvgIpc) is 3.36. The Hall–Kier alpha value is -3.49. The van der Waals surface area contributed by atoms with Gasteiger partial charge in [-0.2, -0.15) is 0 Å². The van der Waals surface area contributed by atoms with Crippen molar-refractivity contribution in [2.75, 3.05) is 26.2 Å². The highest BCUT2D eigenvalue weighted by Crippen LogP contribution is 2.49. The number of amides is 1. The van der Waals surface area contributed by atoms with Crippen molar-refractivity contribution in [2.45, 2.75) is 51.7 Å². The Morgan fingerprint density at radius 3 is 2.48 bits per heavy atom. The van der Waals surface area contributed by atoms with E-state index in [1.165, 1.54) is 49.4 Å². The van der Waals surface area contributed by atoms with E-state index in [-0.39, 0.29) is 29.9 Å². The largest absolute Gasteiger partial charge is 0.488 e. The van der Waals surface area contributed by atoms with Crippen LogP contribution >= 0.6 is 0 Å². The summed E-state index contributed by atoms with van der Waals surface area (Å²) in [6.45, 7) is 6.92. The van der Waals surface area contributed by atoms with Gasteiger partial charge in [-0.1, -0.05) is 31.2 Å². The fraction of sp³-hybridized carbons (Fsp3) is 0.469. The van der Waals surface area contributed by atoms with Gasteiger partial charge in [0, 0.05) is 28.2 Å². The SMILES string of the molecule is CC(O)C1C(=O)N2C(C(=O)O)=C(COc3cccc4c3-c3ccc(CC56CCN(CC5)CC6)cc3C4=O)[C@H](C)C12. The standard InChI is InChI=1S/C32H34N2O6/c1-17-23(28(31(38)39)34-27(17)25(18(2)35)30(34)37)16-40-24-5-3-4-21-26(24)20-7-6-19(14-22(20)29(21)36)15-32-8-11-33(12-9-32)13-10-32/h3-7,14,17-18,25,27,35H,8-13,15-16H2,1-2H3,(H,38,39)/t17-,18?,25?,27?/m0/s1. The van der Waals surface area contributed by atoms with E-state index in [9.17, 15) is 24.6 Å². The zero-order valence-corrected chi connectivity index (χ0v) is 22.9. The summed E-state index contributed by atoms with van der Waals surface area (Å²) in [6, 6.07) is 11.3. The minimum absolute atomic E-state index is 0.0116. The third kappa shape index (κ3) is 3.62. The Morgan fingerprint density at radius 1 is 1.07 bits per heavy atom. The summed E-state index contributed by atoms with van der Waals surface area (Å²) in [5.74, 6) is -1.94. The summed E-state index contributed by atoms with van der Waals surface area (Å²) in [4.78, 5) is 42.2. The number of hydrogen-bond acceptors (Lipinski definition) is 6. The quantitative estimate of drug-likeness (QED) is 0.440. The van der Waals surface area contributed by atoms with Crippen molar-refractivity contribution in [2.24, 2.45) is 17.3 Å². The highest BCUT2D eigenvalue weighted by atomic mass is 16.5. The minimum Gasteiger partial charge on any atom is -0.488 e. The molecule has 0 aromatic heterocycles. The summed E-state index contributed by atoms with van der Waals surface area (Å²) < 4.78 is 6.26. The van der Waals surface area contributed by atoms with Crippen LogP contribution in [0.25, 0.3) is 11.1 Å². The number of β-lactam (4-membered cyclic amide) rings is 1. The smallest absolute Gasteiger partial charge is 0.352 e. The molecule has 1 aliphatic carbocycles. The molecule has 0 saturated carbocycles. The first-order valence-corrected chi connectivity index (χ1v) is 14.3. The fourth-order valence-electron chi connectivity index (χ4n) is 7.96. The predicted molar refractivity (Wildman–Crippen MR) is 147 cm³/mol. The van der Waals surface area contributed by atoms with Crippen LogP contribution in [0.3, 0.4) is 0 Å². The summed E-state index contributed by atoms with van der Waals surface area (Å²) >= 11 is 0. The number of carboxylic acid groups (broad SMARTS) is 1. The normalized spacial score (nSPS) is 30.6. The lowest BCUT2D eigenvalue weighted by Gasteiger charge is -2.48. The Labute approximate surface area is 233 Å². The number of ketones is 1. The molecule has 4 fully saturated rings. The number of aliphatic carboxylic acids is 1. The van der Waals surface area contributed by atoms with Crippen molar-refractivity contribution in [1.29, 1.82) is 0 Å². The van der Waals surface area contributed by atoms with E-state index in [1.807, 2.05) is 25.1 Å². The molecule has 4 saturated heterocycles. The molecule has 8 rings (SSSR count). The number of rotatable bonds is 7. The van der Waals surface area contributed by atoms with Crippen molar-refractivity contribution < 1.29 is 29.3 Å². The molecule has 8 nitrogen and oxygen atoms in total. The van der Waals surface area contributed by atoms with Crippen LogP contribution in [0.2, 0.25) is 0 Å². The average molecular weight is 543 g/mol. The van der Waals surface area contributed by atoms with Gasteiger partial charge in [-0.25, -0.2) is 4.79 Å². The Balaban J connectivity index is 1.16. The van der Waals surface area contributed by atoms with E-state index < -0.39 is 24.0 Å². The number of aliphatic hydroxyl groups excluding tert-OH is 1. The number of fused-ring (bicyclic) bond motifs is 7. The maximum Gasteiger partial charge on any atom is 0.352 e. The highest BCUT2D eigenvalue weighted by molar-refractivity contribution is 6.22. The Kier molecular flexibility index (Phi) is 5.74. The molecule has 208 valence electrons. The number of ether oxygens (including phenoxy) is 1. The molecule has 1 amide bonds. The van der Waals surface area contributed by atoms with Crippen LogP contribution in [0.5, 0.6) is 5.75 Å². The highest BCUT2D eigenvalue weighted by Gasteiger charge is 2.59. The van der Waals surface area contributed by atoms with Crippen LogP contribution < -0.4 is 4.74 Å². The third-order valence-electron chi connectivity index (χ3n) is 10.2. The molecule has 5 heterocycles. The van der Waals surface area contributed by atoms with Crippen molar-refractivity contribution in [3.05, 3.63) is 64.4 Å². The lowest BCUT2D eigenvalue weighted by Crippen LogP contribution is -2.63. The third-order valence-corrected chi connectivity index (χ3v) is 10.2. The fourth-order valence-corrected chi connectivity index (χ4v) is 7.96. The number of piperidine rings is 3. The monoisotopic (exact) mass is 542 g/mol. The topological polar surface area (TPSA) is 107 Å². The van der Waals surface area contributed by atoms with Crippen LogP contribution in [-0.2, 0) is 16.0 Å². The second kappa shape index (κ2) is 9.01. The van der Waals surface area contributed by atoms with E-state index in [4.69, 9.17) is 4.74 Å². The molecule has 3 unspecified atom stereocenters. The van der Waals surface area contributed by atoms with Gasteiger partial charge in [0.1, 0.15) is 18.1 Å².